The molecule has 0 unspecified atom stereocenters. The van der Waals surface area contributed by atoms with Gasteiger partial charge in [0.25, 0.3) is 0 Å². The highest BCUT2D eigenvalue weighted by molar-refractivity contribution is 6.18. The molecule has 1 aromatic heterocycles. The van der Waals surface area contributed by atoms with Gasteiger partial charge in [-0.2, -0.15) is 0 Å². The Kier molecular flexibility index (Phi) is 5.64. The molecule has 2 aliphatic rings. The van der Waals surface area contributed by atoms with Gasteiger partial charge in [0.2, 0.25) is 0 Å². The van der Waals surface area contributed by atoms with Crippen molar-refractivity contribution >= 4 is 10.8 Å². The van der Waals surface area contributed by atoms with Gasteiger partial charge in [-0.15, -0.1) is 0 Å². The van der Waals surface area contributed by atoms with Crippen molar-refractivity contribution in [2.45, 2.75) is 6.42 Å². The second-order valence-corrected chi connectivity index (χ2v) is 12.4. The molecule has 0 spiro atoms. The van der Waals surface area contributed by atoms with E-state index in [1.165, 1.54) is 66.4 Å². The highest BCUT2D eigenvalue weighted by Gasteiger charge is 2.26. The first-order valence-electron chi connectivity index (χ1n) is 16.1. The molecule has 7 aromatic carbocycles. The zero-order chi connectivity index (χ0) is 30.9. The molecule has 0 bridgehead atoms. The molecule has 0 radical (unpaired) electrons. The van der Waals surface area contributed by atoms with Crippen LogP contribution >= 0.6 is 0 Å². The van der Waals surface area contributed by atoms with Crippen molar-refractivity contribution in [2.24, 2.45) is 0 Å². The first kappa shape index (κ1) is 26.1. The van der Waals surface area contributed by atoms with Crippen LogP contribution in [0, 0.1) is 0 Å². The molecule has 0 N–H and O–H groups in total. The Morgan fingerprint density at radius 2 is 0.915 bits per heavy atom. The molecule has 218 valence electrons. The van der Waals surface area contributed by atoms with Crippen LogP contribution in [-0.2, 0) is 6.42 Å². The highest BCUT2D eigenvalue weighted by atomic mass is 15.0. The number of nitrogens with zero attached hydrogens (tertiary/aromatic N) is 3. The van der Waals surface area contributed by atoms with Gasteiger partial charge in [0, 0.05) is 16.7 Å². The maximum atomic E-state index is 5.10. The molecule has 0 fully saturated rings. The van der Waals surface area contributed by atoms with E-state index in [1.54, 1.807) is 0 Å². The van der Waals surface area contributed by atoms with Gasteiger partial charge in [-0.05, 0) is 78.9 Å². The van der Waals surface area contributed by atoms with Gasteiger partial charge in [0.15, 0.2) is 17.5 Å². The summed E-state index contributed by atoms with van der Waals surface area (Å²) in [6.07, 6.45) is 0.889. The van der Waals surface area contributed by atoms with Crippen molar-refractivity contribution < 1.29 is 0 Å². The summed E-state index contributed by atoms with van der Waals surface area (Å²) in [5.41, 5.74) is 15.8. The largest absolute Gasteiger partial charge is 0.208 e. The van der Waals surface area contributed by atoms with Crippen LogP contribution < -0.4 is 0 Å². The molecule has 47 heavy (non-hydrogen) atoms. The third kappa shape index (κ3) is 4.03. The standard InChI is InChI=1S/C44H27N3/c1-3-11-27(12-4-1)42-45-43(28-13-5-2-6-14-28)47-44(46-42)38-20-9-15-31-25-29-21-22-30(26-39(29)40(31)38)32-23-24-37-34-17-8-7-16-33(34)36-19-10-18-35(32)41(36)37/h1-24,26H,25H2. The van der Waals surface area contributed by atoms with E-state index >= 15 is 0 Å². The minimum atomic E-state index is 0.674. The number of rotatable bonds is 4. The summed E-state index contributed by atoms with van der Waals surface area (Å²) in [5.74, 6) is 2.04. The van der Waals surface area contributed by atoms with Crippen LogP contribution in [0.2, 0.25) is 0 Å². The summed E-state index contributed by atoms with van der Waals surface area (Å²) in [4.78, 5) is 15.1. The lowest BCUT2D eigenvalue weighted by molar-refractivity contribution is 1.07. The monoisotopic (exact) mass is 597 g/mol. The van der Waals surface area contributed by atoms with Crippen LogP contribution in [0.25, 0.3) is 89.4 Å². The molecule has 0 atom stereocenters. The molecular weight excluding hydrogens is 571 g/mol. The Morgan fingerprint density at radius 3 is 1.64 bits per heavy atom. The van der Waals surface area contributed by atoms with Gasteiger partial charge < -0.3 is 0 Å². The molecule has 3 heteroatoms. The molecular formula is C44H27N3. The maximum absolute atomic E-state index is 5.10. The Balaban J connectivity index is 1.15. The van der Waals surface area contributed by atoms with Gasteiger partial charge in [-0.3, -0.25) is 0 Å². The van der Waals surface area contributed by atoms with E-state index in [0.29, 0.717) is 17.5 Å². The van der Waals surface area contributed by atoms with Gasteiger partial charge >= 0.3 is 0 Å². The van der Waals surface area contributed by atoms with E-state index in [2.05, 4.69) is 115 Å². The smallest absolute Gasteiger partial charge is 0.164 e. The fourth-order valence-corrected chi connectivity index (χ4v) is 7.58. The van der Waals surface area contributed by atoms with Gasteiger partial charge in [-0.1, -0.05) is 146 Å². The highest BCUT2D eigenvalue weighted by Crippen LogP contribution is 2.50. The lowest BCUT2D eigenvalue weighted by Crippen LogP contribution is -2.01. The topological polar surface area (TPSA) is 38.7 Å². The third-order valence-corrected chi connectivity index (χ3v) is 9.71. The first-order valence-corrected chi connectivity index (χ1v) is 16.1. The average molecular weight is 598 g/mol. The zero-order valence-corrected chi connectivity index (χ0v) is 25.5. The van der Waals surface area contributed by atoms with Gasteiger partial charge in [0.1, 0.15) is 0 Å². The minimum absolute atomic E-state index is 0.674. The summed E-state index contributed by atoms with van der Waals surface area (Å²) in [6, 6.07) is 54.0. The molecule has 8 aromatic rings. The molecule has 0 saturated heterocycles. The second kappa shape index (κ2) is 10.2. The minimum Gasteiger partial charge on any atom is -0.208 e. The summed E-state index contributed by atoms with van der Waals surface area (Å²) >= 11 is 0. The summed E-state index contributed by atoms with van der Waals surface area (Å²) in [5, 5.41) is 2.64. The van der Waals surface area contributed by atoms with E-state index < -0.39 is 0 Å². The maximum Gasteiger partial charge on any atom is 0.164 e. The van der Waals surface area contributed by atoms with Crippen molar-refractivity contribution in [1.29, 1.82) is 0 Å². The van der Waals surface area contributed by atoms with E-state index in [4.69, 9.17) is 15.0 Å². The number of fused-ring (bicyclic) bond motifs is 6. The third-order valence-electron chi connectivity index (χ3n) is 9.71. The summed E-state index contributed by atoms with van der Waals surface area (Å²) < 4.78 is 0. The van der Waals surface area contributed by atoms with Crippen LogP contribution in [0.1, 0.15) is 11.1 Å². The fourth-order valence-electron chi connectivity index (χ4n) is 7.58. The summed E-state index contributed by atoms with van der Waals surface area (Å²) in [7, 11) is 0. The average Bonchev–Trinajstić information content (AvgIpc) is 3.69. The Hall–Kier alpha value is -6.19. The number of aromatic nitrogens is 3. The molecule has 2 aliphatic carbocycles. The van der Waals surface area contributed by atoms with Crippen LogP contribution in [0.3, 0.4) is 0 Å². The van der Waals surface area contributed by atoms with Crippen LogP contribution in [-0.4, -0.2) is 15.0 Å². The van der Waals surface area contributed by atoms with Crippen molar-refractivity contribution in [1.82, 2.24) is 15.0 Å². The fraction of sp³-hybridized carbons (Fsp3) is 0.0227. The van der Waals surface area contributed by atoms with Crippen molar-refractivity contribution in [3.8, 4) is 78.7 Å². The molecule has 0 aliphatic heterocycles. The SMILES string of the molecule is c1ccc(-c2nc(-c3ccccc3)nc(-c3cccc4c3-c3cc(-c5ccc6c7c(cccc57)-c5ccccc5-6)ccc3C4)n2)cc1. The number of benzene rings is 7. The van der Waals surface area contributed by atoms with Gasteiger partial charge in [0.05, 0.1) is 0 Å². The predicted molar refractivity (Wildman–Crippen MR) is 192 cm³/mol. The molecule has 3 nitrogen and oxygen atoms in total. The first-order chi connectivity index (χ1) is 23.3. The molecule has 10 rings (SSSR count). The van der Waals surface area contributed by atoms with E-state index in [-0.39, 0.29) is 0 Å². The van der Waals surface area contributed by atoms with Crippen LogP contribution in [0.4, 0.5) is 0 Å². The molecule has 1 heterocycles. The van der Waals surface area contributed by atoms with Crippen molar-refractivity contribution in [3.05, 3.63) is 163 Å². The number of hydrogen-bond acceptors (Lipinski definition) is 3. The number of hydrogen-bond donors (Lipinski definition) is 0. The normalized spacial score (nSPS) is 12.2. The van der Waals surface area contributed by atoms with Crippen molar-refractivity contribution in [2.75, 3.05) is 0 Å². The van der Waals surface area contributed by atoms with Crippen LogP contribution in [0.5, 0.6) is 0 Å². The quantitative estimate of drug-likeness (QED) is 0.203. The zero-order valence-electron chi connectivity index (χ0n) is 25.5. The van der Waals surface area contributed by atoms with E-state index in [0.717, 1.165) is 23.1 Å². The Labute approximate surface area is 272 Å². The second-order valence-electron chi connectivity index (χ2n) is 12.4. The lowest BCUT2D eigenvalue weighted by atomic mass is 9.91. The van der Waals surface area contributed by atoms with Gasteiger partial charge in [-0.25, -0.2) is 15.0 Å². The molecule has 0 amide bonds. The predicted octanol–water partition coefficient (Wildman–Crippen LogP) is 10.9. The lowest BCUT2D eigenvalue weighted by Gasteiger charge is -2.14. The summed E-state index contributed by atoms with van der Waals surface area (Å²) in [6.45, 7) is 0. The van der Waals surface area contributed by atoms with Crippen molar-refractivity contribution in [3.63, 3.8) is 0 Å². The Morgan fingerprint density at radius 1 is 0.340 bits per heavy atom. The molecule has 0 saturated carbocycles. The van der Waals surface area contributed by atoms with Crippen LogP contribution in [0.15, 0.2) is 152 Å². The van der Waals surface area contributed by atoms with E-state index in [9.17, 15) is 0 Å². The Bertz CT molecular complexity index is 2450. The van der Waals surface area contributed by atoms with E-state index in [1.807, 2.05) is 36.4 Å².